The van der Waals surface area contributed by atoms with Crippen molar-refractivity contribution in [2.24, 2.45) is 0 Å². The Hall–Kier alpha value is -2.70. The average molecular weight is 426 g/mol. The Morgan fingerprint density at radius 2 is 1.79 bits per heavy atom. The van der Waals surface area contributed by atoms with Gasteiger partial charge in [-0.2, -0.15) is 0 Å². The molecular weight excluding hydrogens is 406 g/mol. The van der Waals surface area contributed by atoms with Gasteiger partial charge in [-0.15, -0.1) is 11.3 Å². The van der Waals surface area contributed by atoms with Crippen LogP contribution in [0.3, 0.4) is 0 Å². The Bertz CT molecular complexity index is 1030. The second-order valence-corrected chi connectivity index (χ2v) is 8.36. The lowest BCUT2D eigenvalue weighted by Crippen LogP contribution is -2.36. The molecule has 29 heavy (non-hydrogen) atoms. The molecule has 1 aliphatic rings. The predicted octanol–water partition coefficient (Wildman–Crippen LogP) is 5.34. The molecule has 4 rings (SSSR count). The summed E-state index contributed by atoms with van der Waals surface area (Å²) in [5.41, 5.74) is 1.84. The maximum Gasteiger partial charge on any atom is 0.267 e. The zero-order valence-electron chi connectivity index (χ0n) is 15.7. The van der Waals surface area contributed by atoms with Gasteiger partial charge in [-0.25, -0.2) is 4.98 Å². The summed E-state index contributed by atoms with van der Waals surface area (Å²) in [4.78, 5) is 32.4. The highest BCUT2D eigenvalue weighted by atomic mass is 35.5. The fourth-order valence-corrected chi connectivity index (χ4v) is 4.34. The molecule has 148 valence electrons. The number of piperidine rings is 1. The van der Waals surface area contributed by atoms with E-state index >= 15 is 0 Å². The maximum absolute atomic E-state index is 13.0. The molecule has 1 fully saturated rings. The normalized spacial score (nSPS) is 13.9. The van der Waals surface area contributed by atoms with E-state index in [0.29, 0.717) is 21.2 Å². The van der Waals surface area contributed by atoms with Gasteiger partial charge in [-0.05, 0) is 37.5 Å². The third kappa shape index (κ3) is 4.49. The van der Waals surface area contributed by atoms with Crippen LogP contribution >= 0.6 is 22.9 Å². The third-order valence-corrected chi connectivity index (χ3v) is 6.13. The summed E-state index contributed by atoms with van der Waals surface area (Å²) < 4.78 is 0. The number of hydrogen-bond acceptors (Lipinski definition) is 4. The van der Waals surface area contributed by atoms with Crippen molar-refractivity contribution in [3.05, 3.63) is 70.2 Å². The number of benzene rings is 2. The predicted molar refractivity (Wildman–Crippen MR) is 117 cm³/mol. The van der Waals surface area contributed by atoms with E-state index in [0.717, 1.165) is 42.9 Å². The summed E-state index contributed by atoms with van der Waals surface area (Å²) in [6.07, 6.45) is 4.70. The molecule has 1 aromatic heterocycles. The molecule has 2 heterocycles. The SMILES string of the molecule is O=C(Nc1cc(Cl)ccc1C(=O)N1CCCCC1)c1cnc(-c2ccccc2)s1. The van der Waals surface area contributed by atoms with Gasteiger partial charge < -0.3 is 10.2 Å². The van der Waals surface area contributed by atoms with Crippen molar-refractivity contribution in [1.29, 1.82) is 0 Å². The number of aromatic nitrogens is 1. The first-order chi connectivity index (χ1) is 14.1. The molecular formula is C22H20ClN3O2S. The Labute approximate surface area is 178 Å². The van der Waals surface area contributed by atoms with E-state index in [2.05, 4.69) is 10.3 Å². The molecule has 1 saturated heterocycles. The van der Waals surface area contributed by atoms with E-state index in [1.54, 1.807) is 24.4 Å². The molecule has 0 atom stereocenters. The van der Waals surface area contributed by atoms with Gasteiger partial charge in [0.2, 0.25) is 0 Å². The van der Waals surface area contributed by atoms with Crippen LogP contribution in [-0.4, -0.2) is 34.8 Å². The average Bonchev–Trinajstić information content (AvgIpc) is 3.25. The highest BCUT2D eigenvalue weighted by molar-refractivity contribution is 7.17. The van der Waals surface area contributed by atoms with Crippen molar-refractivity contribution in [2.75, 3.05) is 18.4 Å². The zero-order chi connectivity index (χ0) is 20.2. The Kier molecular flexibility index (Phi) is 5.92. The second kappa shape index (κ2) is 8.76. The lowest BCUT2D eigenvalue weighted by atomic mass is 10.1. The minimum absolute atomic E-state index is 0.0778. The van der Waals surface area contributed by atoms with Crippen LogP contribution in [0.25, 0.3) is 10.6 Å². The first-order valence-electron chi connectivity index (χ1n) is 9.53. The number of thiazole rings is 1. The van der Waals surface area contributed by atoms with Crippen molar-refractivity contribution in [2.45, 2.75) is 19.3 Å². The largest absolute Gasteiger partial charge is 0.339 e. The fourth-order valence-electron chi connectivity index (χ4n) is 3.35. The van der Waals surface area contributed by atoms with Crippen LogP contribution in [0.1, 0.15) is 39.3 Å². The minimum atomic E-state index is -0.306. The number of carbonyl (C=O) groups excluding carboxylic acids is 2. The first kappa shape index (κ1) is 19.6. The first-order valence-corrected chi connectivity index (χ1v) is 10.7. The molecule has 0 radical (unpaired) electrons. The van der Waals surface area contributed by atoms with Crippen LogP contribution in [-0.2, 0) is 0 Å². The van der Waals surface area contributed by atoms with Crippen LogP contribution in [0.4, 0.5) is 5.69 Å². The summed E-state index contributed by atoms with van der Waals surface area (Å²) in [5.74, 6) is -0.384. The molecule has 0 spiro atoms. The van der Waals surface area contributed by atoms with Crippen LogP contribution in [0.5, 0.6) is 0 Å². The molecule has 7 heteroatoms. The lowest BCUT2D eigenvalue weighted by Gasteiger charge is -2.27. The fraction of sp³-hybridized carbons (Fsp3) is 0.227. The smallest absolute Gasteiger partial charge is 0.267 e. The molecule has 1 aliphatic heterocycles. The van der Waals surface area contributed by atoms with Gasteiger partial charge in [0, 0.05) is 23.7 Å². The molecule has 2 aromatic carbocycles. The Balaban J connectivity index is 1.56. The Morgan fingerprint density at radius 3 is 2.55 bits per heavy atom. The van der Waals surface area contributed by atoms with Crippen LogP contribution in [0.15, 0.2) is 54.7 Å². The summed E-state index contributed by atoms with van der Waals surface area (Å²) in [6.45, 7) is 1.48. The molecule has 0 bridgehead atoms. The van der Waals surface area contributed by atoms with Crippen molar-refractivity contribution in [3.63, 3.8) is 0 Å². The van der Waals surface area contributed by atoms with Gasteiger partial charge in [-0.1, -0.05) is 41.9 Å². The van der Waals surface area contributed by atoms with E-state index < -0.39 is 0 Å². The summed E-state index contributed by atoms with van der Waals surface area (Å²) >= 11 is 7.44. The molecule has 2 amide bonds. The number of hydrogen-bond donors (Lipinski definition) is 1. The number of nitrogens with zero attached hydrogens (tertiary/aromatic N) is 2. The van der Waals surface area contributed by atoms with E-state index in [4.69, 9.17) is 11.6 Å². The standard InChI is InChI=1S/C22H20ClN3O2S/c23-16-9-10-17(22(28)26-11-5-2-6-12-26)18(13-16)25-20(27)19-14-24-21(29-19)15-7-3-1-4-8-15/h1,3-4,7-10,13-14H,2,5-6,11-12H2,(H,25,27). The molecule has 3 aromatic rings. The van der Waals surface area contributed by atoms with Crippen LogP contribution in [0, 0.1) is 0 Å². The number of carbonyl (C=O) groups is 2. The van der Waals surface area contributed by atoms with Crippen molar-refractivity contribution >= 4 is 40.4 Å². The van der Waals surface area contributed by atoms with E-state index in [9.17, 15) is 9.59 Å². The number of anilines is 1. The minimum Gasteiger partial charge on any atom is -0.339 e. The lowest BCUT2D eigenvalue weighted by molar-refractivity contribution is 0.0725. The highest BCUT2D eigenvalue weighted by Crippen LogP contribution is 2.28. The monoisotopic (exact) mass is 425 g/mol. The summed E-state index contributed by atoms with van der Waals surface area (Å²) in [5, 5.41) is 4.08. The summed E-state index contributed by atoms with van der Waals surface area (Å²) in [6, 6.07) is 14.7. The van der Waals surface area contributed by atoms with Gasteiger partial charge in [-0.3, -0.25) is 9.59 Å². The molecule has 5 nitrogen and oxygen atoms in total. The number of halogens is 1. The van der Waals surface area contributed by atoms with Crippen molar-refractivity contribution < 1.29 is 9.59 Å². The van der Waals surface area contributed by atoms with E-state index in [1.165, 1.54) is 11.3 Å². The third-order valence-electron chi connectivity index (χ3n) is 4.85. The highest BCUT2D eigenvalue weighted by Gasteiger charge is 2.22. The molecule has 1 N–H and O–H groups in total. The number of nitrogens with one attached hydrogen (secondary N) is 1. The van der Waals surface area contributed by atoms with Gasteiger partial charge in [0.15, 0.2) is 0 Å². The van der Waals surface area contributed by atoms with Crippen LogP contribution in [0.2, 0.25) is 5.02 Å². The maximum atomic E-state index is 13.0. The van der Waals surface area contributed by atoms with Crippen LogP contribution < -0.4 is 5.32 Å². The van der Waals surface area contributed by atoms with Gasteiger partial charge in [0.1, 0.15) is 9.88 Å². The van der Waals surface area contributed by atoms with E-state index in [-0.39, 0.29) is 11.8 Å². The number of amides is 2. The quantitative estimate of drug-likeness (QED) is 0.613. The van der Waals surface area contributed by atoms with Crippen molar-refractivity contribution in [3.8, 4) is 10.6 Å². The summed E-state index contributed by atoms with van der Waals surface area (Å²) in [7, 11) is 0. The van der Waals surface area contributed by atoms with Gasteiger partial charge in [0.05, 0.1) is 17.4 Å². The second-order valence-electron chi connectivity index (χ2n) is 6.89. The molecule has 0 aliphatic carbocycles. The topological polar surface area (TPSA) is 62.3 Å². The number of rotatable bonds is 4. The van der Waals surface area contributed by atoms with Gasteiger partial charge in [0.25, 0.3) is 11.8 Å². The van der Waals surface area contributed by atoms with Crippen molar-refractivity contribution in [1.82, 2.24) is 9.88 Å². The molecule has 0 unspecified atom stereocenters. The Morgan fingerprint density at radius 1 is 1.03 bits per heavy atom. The van der Waals surface area contributed by atoms with E-state index in [1.807, 2.05) is 35.2 Å². The number of likely N-dealkylation sites (tertiary alicyclic amines) is 1. The zero-order valence-corrected chi connectivity index (χ0v) is 17.3. The molecule has 0 saturated carbocycles. The van der Waals surface area contributed by atoms with Gasteiger partial charge >= 0.3 is 0 Å².